The van der Waals surface area contributed by atoms with Gasteiger partial charge in [-0.25, -0.2) is 0 Å². The van der Waals surface area contributed by atoms with Crippen molar-refractivity contribution in [2.24, 2.45) is 0 Å². The summed E-state index contributed by atoms with van der Waals surface area (Å²) in [6.45, 7) is 5.00. The van der Waals surface area contributed by atoms with Gasteiger partial charge in [0, 0.05) is 26.2 Å². The van der Waals surface area contributed by atoms with E-state index in [1.807, 2.05) is 48.2 Å². The first-order chi connectivity index (χ1) is 13.7. The highest BCUT2D eigenvalue weighted by Crippen LogP contribution is 2.25. The number of nitriles is 1. The van der Waals surface area contributed by atoms with Crippen molar-refractivity contribution in [3.63, 3.8) is 0 Å². The van der Waals surface area contributed by atoms with Gasteiger partial charge >= 0.3 is 0 Å². The van der Waals surface area contributed by atoms with Crippen molar-refractivity contribution in [2.45, 2.75) is 13.0 Å². The number of rotatable bonds is 6. The standard InChI is InChI=1S/C22H25N3O3/c1-3-28-18-10-8-17(9-11-18)20(16-23)24-12-14-25(15-13-24)22(26)19-6-4-5-7-21(19)27-2/h4-11,20H,3,12-15H2,1-2H3. The molecular weight excluding hydrogens is 354 g/mol. The Morgan fingerprint density at radius 2 is 1.79 bits per heavy atom. The summed E-state index contributed by atoms with van der Waals surface area (Å²) in [5, 5.41) is 9.71. The molecule has 0 N–H and O–H groups in total. The highest BCUT2D eigenvalue weighted by Gasteiger charge is 2.28. The predicted molar refractivity (Wildman–Crippen MR) is 106 cm³/mol. The van der Waals surface area contributed by atoms with Crippen molar-refractivity contribution in [3.05, 3.63) is 59.7 Å². The zero-order valence-electron chi connectivity index (χ0n) is 16.3. The Labute approximate surface area is 165 Å². The van der Waals surface area contributed by atoms with Crippen LogP contribution in [0.5, 0.6) is 11.5 Å². The third-order valence-corrected chi connectivity index (χ3v) is 4.93. The topological polar surface area (TPSA) is 65.8 Å². The van der Waals surface area contributed by atoms with Crippen LogP contribution >= 0.6 is 0 Å². The van der Waals surface area contributed by atoms with Gasteiger partial charge in [-0.05, 0) is 36.8 Å². The van der Waals surface area contributed by atoms with Crippen LogP contribution in [0, 0.1) is 11.3 Å². The molecule has 6 nitrogen and oxygen atoms in total. The highest BCUT2D eigenvalue weighted by atomic mass is 16.5. The minimum atomic E-state index is -0.334. The molecule has 1 unspecified atom stereocenters. The number of ether oxygens (including phenoxy) is 2. The van der Waals surface area contributed by atoms with E-state index in [1.165, 1.54) is 0 Å². The molecule has 1 aliphatic rings. The second-order valence-electron chi connectivity index (χ2n) is 6.56. The van der Waals surface area contributed by atoms with Crippen molar-refractivity contribution in [2.75, 3.05) is 39.9 Å². The molecule has 0 saturated carbocycles. The Bertz CT molecular complexity index is 837. The average molecular weight is 379 g/mol. The molecule has 1 amide bonds. The lowest BCUT2D eigenvalue weighted by atomic mass is 10.0. The maximum absolute atomic E-state index is 12.8. The third-order valence-electron chi connectivity index (χ3n) is 4.93. The van der Waals surface area contributed by atoms with Crippen LogP contribution in [0.15, 0.2) is 48.5 Å². The van der Waals surface area contributed by atoms with Crippen LogP contribution < -0.4 is 9.47 Å². The minimum Gasteiger partial charge on any atom is -0.496 e. The number of carbonyl (C=O) groups is 1. The molecule has 2 aromatic rings. The van der Waals surface area contributed by atoms with E-state index in [4.69, 9.17) is 9.47 Å². The van der Waals surface area contributed by atoms with Crippen molar-refractivity contribution < 1.29 is 14.3 Å². The zero-order valence-corrected chi connectivity index (χ0v) is 16.3. The van der Waals surface area contributed by atoms with Gasteiger partial charge in [-0.15, -0.1) is 0 Å². The van der Waals surface area contributed by atoms with Crippen LogP contribution in [-0.2, 0) is 0 Å². The van der Waals surface area contributed by atoms with Gasteiger partial charge < -0.3 is 14.4 Å². The van der Waals surface area contributed by atoms with Crippen LogP contribution in [-0.4, -0.2) is 55.6 Å². The van der Waals surface area contributed by atoms with E-state index in [-0.39, 0.29) is 11.9 Å². The number of benzene rings is 2. The van der Waals surface area contributed by atoms with Gasteiger partial charge in [0.05, 0.1) is 25.3 Å². The molecule has 1 saturated heterocycles. The van der Waals surface area contributed by atoms with Crippen LogP contribution in [0.25, 0.3) is 0 Å². The van der Waals surface area contributed by atoms with E-state index in [0.717, 1.165) is 11.3 Å². The van der Waals surface area contributed by atoms with Crippen molar-refractivity contribution in [3.8, 4) is 17.6 Å². The van der Waals surface area contributed by atoms with Gasteiger partial charge in [0.1, 0.15) is 17.5 Å². The first-order valence-corrected chi connectivity index (χ1v) is 9.46. The molecule has 0 bridgehead atoms. The predicted octanol–water partition coefficient (Wildman–Crippen LogP) is 3.12. The van der Waals surface area contributed by atoms with Crippen LogP contribution in [0.2, 0.25) is 0 Å². The Morgan fingerprint density at radius 1 is 1.11 bits per heavy atom. The van der Waals surface area contributed by atoms with E-state index in [9.17, 15) is 10.1 Å². The number of carbonyl (C=O) groups excluding carboxylic acids is 1. The highest BCUT2D eigenvalue weighted by molar-refractivity contribution is 5.97. The SMILES string of the molecule is CCOc1ccc(C(C#N)N2CCN(C(=O)c3ccccc3OC)CC2)cc1. The molecule has 3 rings (SSSR count). The lowest BCUT2D eigenvalue weighted by Gasteiger charge is -2.37. The average Bonchev–Trinajstić information content (AvgIpc) is 2.75. The minimum absolute atomic E-state index is 0.0355. The number of hydrogen-bond acceptors (Lipinski definition) is 5. The fraction of sp³-hybridized carbons (Fsp3) is 0.364. The molecule has 1 heterocycles. The quantitative estimate of drug-likeness (QED) is 0.772. The normalized spacial score (nSPS) is 15.5. The van der Waals surface area contributed by atoms with Crippen molar-refractivity contribution in [1.29, 1.82) is 5.26 Å². The summed E-state index contributed by atoms with van der Waals surface area (Å²) in [5.41, 5.74) is 1.51. The molecule has 2 aromatic carbocycles. The molecular formula is C22H25N3O3. The zero-order chi connectivity index (χ0) is 19.9. The molecule has 0 aliphatic carbocycles. The second kappa shape index (κ2) is 9.25. The summed E-state index contributed by atoms with van der Waals surface area (Å²) in [7, 11) is 1.57. The molecule has 6 heteroatoms. The number of para-hydroxylation sites is 1. The first-order valence-electron chi connectivity index (χ1n) is 9.46. The fourth-order valence-electron chi connectivity index (χ4n) is 3.45. The van der Waals surface area contributed by atoms with Gasteiger partial charge in [0.15, 0.2) is 0 Å². The van der Waals surface area contributed by atoms with Gasteiger partial charge in [0.25, 0.3) is 5.91 Å². The summed E-state index contributed by atoms with van der Waals surface area (Å²) >= 11 is 0. The maximum atomic E-state index is 12.8. The number of amides is 1. The molecule has 1 atom stereocenters. The second-order valence-corrected chi connectivity index (χ2v) is 6.56. The lowest BCUT2D eigenvalue weighted by Crippen LogP contribution is -2.49. The van der Waals surface area contributed by atoms with E-state index in [1.54, 1.807) is 19.2 Å². The smallest absolute Gasteiger partial charge is 0.257 e. The van der Waals surface area contributed by atoms with Gasteiger partial charge in [-0.3, -0.25) is 9.69 Å². The number of methoxy groups -OCH3 is 1. The number of piperazine rings is 1. The number of hydrogen-bond donors (Lipinski definition) is 0. The van der Waals surface area contributed by atoms with Crippen LogP contribution in [0.1, 0.15) is 28.9 Å². The van der Waals surface area contributed by atoms with E-state index >= 15 is 0 Å². The van der Waals surface area contributed by atoms with Crippen LogP contribution in [0.4, 0.5) is 0 Å². The summed E-state index contributed by atoms with van der Waals surface area (Å²) < 4.78 is 10.8. The Morgan fingerprint density at radius 3 is 2.39 bits per heavy atom. The Hall–Kier alpha value is -3.04. The monoisotopic (exact) mass is 379 g/mol. The molecule has 1 aliphatic heterocycles. The van der Waals surface area contributed by atoms with Gasteiger partial charge in [0.2, 0.25) is 0 Å². The van der Waals surface area contributed by atoms with Gasteiger partial charge in [-0.2, -0.15) is 5.26 Å². The summed E-state index contributed by atoms with van der Waals surface area (Å²) in [6, 6.07) is 17.0. The van der Waals surface area contributed by atoms with Crippen molar-refractivity contribution in [1.82, 2.24) is 9.80 Å². The molecule has 1 fully saturated rings. The van der Waals surface area contributed by atoms with E-state index in [0.29, 0.717) is 44.1 Å². The summed E-state index contributed by atoms with van der Waals surface area (Å²) in [5.74, 6) is 1.35. The van der Waals surface area contributed by atoms with Gasteiger partial charge in [-0.1, -0.05) is 24.3 Å². The molecule has 0 radical (unpaired) electrons. The maximum Gasteiger partial charge on any atom is 0.257 e. The molecule has 28 heavy (non-hydrogen) atoms. The Balaban J connectivity index is 1.65. The molecule has 0 spiro atoms. The van der Waals surface area contributed by atoms with Crippen molar-refractivity contribution >= 4 is 5.91 Å². The summed E-state index contributed by atoms with van der Waals surface area (Å²) in [4.78, 5) is 16.8. The Kier molecular flexibility index (Phi) is 6.51. The molecule has 146 valence electrons. The number of nitrogens with zero attached hydrogens (tertiary/aromatic N) is 3. The largest absolute Gasteiger partial charge is 0.496 e. The van der Waals surface area contributed by atoms with E-state index < -0.39 is 0 Å². The summed E-state index contributed by atoms with van der Waals surface area (Å²) in [6.07, 6.45) is 0. The first kappa shape index (κ1) is 19.7. The third kappa shape index (κ3) is 4.26. The fourth-order valence-corrected chi connectivity index (χ4v) is 3.45. The van der Waals surface area contributed by atoms with E-state index in [2.05, 4.69) is 11.0 Å². The lowest BCUT2D eigenvalue weighted by molar-refractivity contribution is 0.0603. The van der Waals surface area contributed by atoms with Crippen LogP contribution in [0.3, 0.4) is 0 Å². The molecule has 0 aromatic heterocycles.